The minimum Gasteiger partial charge on any atom is -0.489 e. The fourth-order valence-electron chi connectivity index (χ4n) is 4.55. The number of rotatable bonds is 20. The first kappa shape index (κ1) is 49.7. The van der Waals surface area contributed by atoms with Crippen molar-refractivity contribution in [3.8, 4) is 5.75 Å². The molecule has 1 heterocycles. The van der Waals surface area contributed by atoms with Gasteiger partial charge in [-0.25, -0.2) is 0 Å². The van der Waals surface area contributed by atoms with Crippen molar-refractivity contribution in [1.29, 1.82) is 0 Å². The van der Waals surface area contributed by atoms with Gasteiger partial charge < -0.3 is 19.5 Å². The van der Waals surface area contributed by atoms with Crippen molar-refractivity contribution < 1.29 is 42.2 Å². The van der Waals surface area contributed by atoms with E-state index in [-0.39, 0.29) is 44.0 Å². The Hall–Kier alpha value is -5.29. The Kier molecular flexibility index (Phi) is 23.8. The lowest BCUT2D eigenvalue weighted by molar-refractivity contribution is -0.159. The molecule has 0 saturated carbocycles. The largest absolute Gasteiger partial charge is 0.489 e. The Morgan fingerprint density at radius 2 is 1.51 bits per heavy atom. The SMILES string of the molecule is C=C/C=C\C(=C/C)COCC(NC(=O)C(F)(F)C(=O)CCc1ccc(OCc2ccccc2)cc1)C(C)C.CC(=O)OCc1ccccn1.CC(=O)[C@@H](C)C(C)C. The van der Waals surface area contributed by atoms with Crippen molar-refractivity contribution in [1.82, 2.24) is 10.3 Å². The molecule has 1 amide bonds. The summed E-state index contributed by atoms with van der Waals surface area (Å²) in [5.41, 5.74) is 3.37. The number of halogens is 2. The smallest absolute Gasteiger partial charge is 0.381 e. The molecule has 9 nitrogen and oxygen atoms in total. The Labute approximate surface area is 337 Å². The maximum absolute atomic E-state index is 14.7. The summed E-state index contributed by atoms with van der Waals surface area (Å²) >= 11 is 0. The zero-order valence-electron chi connectivity index (χ0n) is 34.6. The molecular formula is C46H60F2N2O7. The summed E-state index contributed by atoms with van der Waals surface area (Å²) in [5, 5.41) is 2.30. The average molecular weight is 791 g/mol. The van der Waals surface area contributed by atoms with Crippen LogP contribution >= 0.6 is 0 Å². The van der Waals surface area contributed by atoms with E-state index in [4.69, 9.17) is 14.2 Å². The zero-order valence-corrected chi connectivity index (χ0v) is 34.6. The van der Waals surface area contributed by atoms with Crippen LogP contribution in [0.15, 0.2) is 115 Å². The summed E-state index contributed by atoms with van der Waals surface area (Å²) in [4.78, 5) is 49.6. The minimum absolute atomic E-state index is 0.0334. The normalized spacial score (nSPS) is 12.4. The molecule has 1 unspecified atom stereocenters. The van der Waals surface area contributed by atoms with E-state index >= 15 is 0 Å². The molecule has 310 valence electrons. The highest BCUT2D eigenvalue weighted by molar-refractivity contribution is 6.07. The molecule has 3 rings (SSSR count). The molecule has 2 atom stereocenters. The van der Waals surface area contributed by atoms with Gasteiger partial charge in [0.15, 0.2) is 0 Å². The topological polar surface area (TPSA) is 121 Å². The molecule has 3 aromatic rings. The van der Waals surface area contributed by atoms with Crippen LogP contribution in [0.1, 0.15) is 78.6 Å². The molecule has 0 spiro atoms. The lowest BCUT2D eigenvalue weighted by Crippen LogP contribution is -2.52. The van der Waals surface area contributed by atoms with Crippen molar-refractivity contribution in [3.63, 3.8) is 0 Å². The van der Waals surface area contributed by atoms with Gasteiger partial charge in [0.1, 0.15) is 24.7 Å². The third kappa shape index (κ3) is 21.0. The van der Waals surface area contributed by atoms with Crippen LogP contribution in [0.5, 0.6) is 5.75 Å². The van der Waals surface area contributed by atoms with Gasteiger partial charge in [-0.05, 0) is 73.1 Å². The van der Waals surface area contributed by atoms with Crippen LogP contribution in [0.25, 0.3) is 0 Å². The van der Waals surface area contributed by atoms with Gasteiger partial charge in [-0.2, -0.15) is 8.78 Å². The van der Waals surface area contributed by atoms with Crippen molar-refractivity contribution in [2.24, 2.45) is 17.8 Å². The first-order valence-electron chi connectivity index (χ1n) is 19.0. The van der Waals surface area contributed by atoms with Crippen molar-refractivity contribution in [2.45, 2.75) is 93.4 Å². The minimum atomic E-state index is -4.13. The number of alkyl halides is 2. The predicted molar refractivity (Wildman–Crippen MR) is 221 cm³/mol. The number of ketones is 2. The Bertz CT molecular complexity index is 1710. The lowest BCUT2D eigenvalue weighted by Gasteiger charge is -2.25. The molecule has 0 bridgehead atoms. The van der Waals surface area contributed by atoms with E-state index < -0.39 is 30.1 Å². The number of aryl methyl sites for hydroxylation is 1. The maximum atomic E-state index is 14.7. The number of amides is 1. The number of benzene rings is 2. The molecule has 0 aliphatic carbocycles. The second-order valence-corrected chi connectivity index (χ2v) is 14.0. The highest BCUT2D eigenvalue weighted by Crippen LogP contribution is 2.21. The second kappa shape index (κ2) is 27.3. The fourth-order valence-corrected chi connectivity index (χ4v) is 4.55. The number of carbonyl (C=O) groups excluding carboxylic acids is 4. The van der Waals surface area contributed by atoms with E-state index in [9.17, 15) is 28.0 Å². The number of hydrogen-bond acceptors (Lipinski definition) is 8. The summed E-state index contributed by atoms with van der Waals surface area (Å²) in [6.45, 7) is 19.1. The van der Waals surface area contributed by atoms with Crippen molar-refractivity contribution >= 4 is 23.4 Å². The number of hydrogen-bond donors (Lipinski definition) is 1. The van der Waals surface area contributed by atoms with Gasteiger partial charge >= 0.3 is 11.9 Å². The summed E-state index contributed by atoms with van der Waals surface area (Å²) in [6.07, 6.45) is 8.38. The second-order valence-electron chi connectivity index (χ2n) is 14.0. The predicted octanol–water partition coefficient (Wildman–Crippen LogP) is 9.26. The molecule has 0 aliphatic heterocycles. The van der Waals surface area contributed by atoms with Crippen LogP contribution in [-0.2, 0) is 48.3 Å². The number of nitrogens with zero attached hydrogens (tertiary/aromatic N) is 1. The highest BCUT2D eigenvalue weighted by atomic mass is 19.3. The van der Waals surface area contributed by atoms with Crippen LogP contribution in [0.2, 0.25) is 0 Å². The van der Waals surface area contributed by atoms with Gasteiger partial charge in [0, 0.05) is 25.5 Å². The molecule has 11 heteroatoms. The number of pyridine rings is 1. The number of allylic oxidation sites excluding steroid dienone is 3. The number of nitrogens with one attached hydrogen (secondary N) is 1. The van der Waals surface area contributed by atoms with Crippen LogP contribution in [-0.4, -0.2) is 53.6 Å². The molecule has 1 N–H and O–H groups in total. The van der Waals surface area contributed by atoms with Crippen molar-refractivity contribution in [2.75, 3.05) is 13.2 Å². The van der Waals surface area contributed by atoms with Crippen LogP contribution in [0, 0.1) is 17.8 Å². The standard InChI is InChI=1S/C31H37F2NO4.C8H9NO2.C7H14O/c1-5-7-11-24(6-2)20-37-22-28(23(3)4)34-30(36)31(32,33)29(35)19-16-25-14-17-27(18-15-25)38-21-26-12-9-8-10-13-26;1-7(10)11-6-8-4-2-3-5-9-8;1-5(2)6(3)7(4)8/h5-15,17-18,23,28H,1,16,19-22H2,2-4H3,(H,34,36);2-5H,6H2,1H3;5-6H,1-4H3/b11-7-,24-6+;;/t;;6-/m..0/s1. The number of ether oxygens (including phenoxy) is 3. The summed E-state index contributed by atoms with van der Waals surface area (Å²) in [7, 11) is 0. The molecular weight excluding hydrogens is 731 g/mol. The summed E-state index contributed by atoms with van der Waals surface area (Å²) < 4.78 is 45.4. The first-order valence-corrected chi connectivity index (χ1v) is 19.0. The van der Waals surface area contributed by atoms with Gasteiger partial charge in [0.25, 0.3) is 5.91 Å². The van der Waals surface area contributed by atoms with E-state index in [1.54, 1.807) is 63.4 Å². The van der Waals surface area contributed by atoms with Crippen LogP contribution < -0.4 is 10.1 Å². The average Bonchev–Trinajstić information content (AvgIpc) is 3.20. The third-order valence-electron chi connectivity index (χ3n) is 8.74. The zero-order chi connectivity index (χ0) is 42.8. The molecule has 0 fully saturated rings. The molecule has 0 saturated heterocycles. The van der Waals surface area contributed by atoms with E-state index in [1.165, 1.54) is 6.92 Å². The highest BCUT2D eigenvalue weighted by Gasteiger charge is 2.47. The van der Waals surface area contributed by atoms with Gasteiger partial charge in [-0.15, -0.1) is 0 Å². The Morgan fingerprint density at radius 1 is 0.860 bits per heavy atom. The van der Waals surface area contributed by atoms with E-state index in [2.05, 4.69) is 30.7 Å². The molecule has 0 radical (unpaired) electrons. The van der Waals surface area contributed by atoms with Crippen LogP contribution in [0.4, 0.5) is 8.78 Å². The Morgan fingerprint density at radius 3 is 2.02 bits per heavy atom. The molecule has 0 aliphatic rings. The van der Waals surface area contributed by atoms with Crippen molar-refractivity contribution in [3.05, 3.63) is 132 Å². The lowest BCUT2D eigenvalue weighted by atomic mass is 9.95. The molecule has 2 aromatic carbocycles. The van der Waals surface area contributed by atoms with E-state index in [0.29, 0.717) is 29.6 Å². The number of carbonyl (C=O) groups is 4. The third-order valence-corrected chi connectivity index (χ3v) is 8.74. The summed E-state index contributed by atoms with van der Waals surface area (Å²) in [6, 6.07) is 21.4. The Balaban J connectivity index is 0.000000694. The quantitative estimate of drug-likeness (QED) is 0.0684. The molecule has 1 aromatic heterocycles. The van der Waals surface area contributed by atoms with Gasteiger partial charge in [-0.3, -0.25) is 24.2 Å². The molecule has 57 heavy (non-hydrogen) atoms. The van der Waals surface area contributed by atoms with E-state index in [1.807, 2.05) is 74.5 Å². The van der Waals surface area contributed by atoms with Gasteiger partial charge in [-0.1, -0.05) is 114 Å². The maximum Gasteiger partial charge on any atom is 0.381 e. The van der Waals surface area contributed by atoms with Crippen LogP contribution in [0.3, 0.4) is 0 Å². The number of esters is 1. The van der Waals surface area contributed by atoms with Gasteiger partial charge in [0.05, 0.1) is 24.9 Å². The first-order chi connectivity index (χ1) is 27.0. The summed E-state index contributed by atoms with van der Waals surface area (Å²) in [5.74, 6) is -5.97. The number of aromatic nitrogens is 1. The number of Topliss-reactive ketones (excluding diaryl/α,β-unsaturated/α-hetero) is 2. The monoisotopic (exact) mass is 790 g/mol. The van der Waals surface area contributed by atoms with E-state index in [0.717, 1.165) is 16.8 Å². The fraction of sp³-hybridized carbons (Fsp3) is 0.413. The van der Waals surface area contributed by atoms with Gasteiger partial charge in [0.2, 0.25) is 5.78 Å².